The van der Waals surface area contributed by atoms with Gasteiger partial charge in [0.1, 0.15) is 0 Å². The van der Waals surface area contributed by atoms with Crippen molar-refractivity contribution in [1.29, 1.82) is 5.26 Å². The number of hydrogen-bond donors (Lipinski definition) is 1. The van der Waals surface area contributed by atoms with Gasteiger partial charge in [-0.1, -0.05) is 18.2 Å². The van der Waals surface area contributed by atoms with Crippen LogP contribution in [0.2, 0.25) is 0 Å². The van der Waals surface area contributed by atoms with Crippen molar-refractivity contribution in [3.63, 3.8) is 0 Å². The van der Waals surface area contributed by atoms with Crippen LogP contribution in [-0.2, 0) is 6.42 Å². The average Bonchev–Trinajstić information content (AvgIpc) is 2.89. The smallest absolute Gasteiger partial charge is 0.0669 e. The molecule has 1 unspecified atom stereocenters. The highest BCUT2D eigenvalue weighted by molar-refractivity contribution is 5.83. The lowest BCUT2D eigenvalue weighted by molar-refractivity contribution is 0.202. The Labute approximate surface area is 113 Å². The molecule has 1 saturated heterocycles. The number of benzene rings is 1. The van der Waals surface area contributed by atoms with Gasteiger partial charge in [-0.25, -0.2) is 0 Å². The number of rotatable bonds is 3. The highest BCUT2D eigenvalue weighted by atomic mass is 15.1. The first-order chi connectivity index (χ1) is 9.36. The van der Waals surface area contributed by atoms with Gasteiger partial charge in [-0.15, -0.1) is 0 Å². The molecule has 0 radical (unpaired) electrons. The van der Waals surface area contributed by atoms with Crippen LogP contribution in [0.4, 0.5) is 0 Å². The summed E-state index contributed by atoms with van der Waals surface area (Å²) in [7, 11) is 0. The van der Waals surface area contributed by atoms with Gasteiger partial charge in [0.25, 0.3) is 0 Å². The minimum atomic E-state index is 0.233. The topological polar surface area (TPSA) is 42.8 Å². The summed E-state index contributed by atoms with van der Waals surface area (Å²) in [6.45, 7) is 3.14. The first-order valence-electron chi connectivity index (χ1n) is 7.04. The maximum absolute atomic E-state index is 9.02. The molecule has 2 heterocycles. The SMILES string of the molecule is N#CC1CCCN(CCc2c[nH]c3ccccc23)C1. The summed E-state index contributed by atoms with van der Waals surface area (Å²) in [5, 5.41) is 10.4. The molecule has 1 aromatic heterocycles. The third kappa shape index (κ3) is 2.64. The van der Waals surface area contributed by atoms with Gasteiger partial charge in [-0.05, 0) is 37.4 Å². The Morgan fingerprint density at radius 1 is 1.37 bits per heavy atom. The third-order valence-corrected chi connectivity index (χ3v) is 4.06. The van der Waals surface area contributed by atoms with E-state index in [1.807, 2.05) is 0 Å². The lowest BCUT2D eigenvalue weighted by atomic mass is 9.99. The van der Waals surface area contributed by atoms with E-state index in [0.29, 0.717) is 0 Å². The number of fused-ring (bicyclic) bond motifs is 1. The predicted molar refractivity (Wildman–Crippen MR) is 76.8 cm³/mol. The Kier molecular flexibility index (Phi) is 3.52. The van der Waals surface area contributed by atoms with Gasteiger partial charge in [0, 0.05) is 30.2 Å². The largest absolute Gasteiger partial charge is 0.361 e. The van der Waals surface area contributed by atoms with Crippen LogP contribution in [0.25, 0.3) is 10.9 Å². The van der Waals surface area contributed by atoms with Gasteiger partial charge in [0.15, 0.2) is 0 Å². The average molecular weight is 253 g/mol. The second-order valence-corrected chi connectivity index (χ2v) is 5.38. The summed E-state index contributed by atoms with van der Waals surface area (Å²) in [5.74, 6) is 0.233. The highest BCUT2D eigenvalue weighted by Crippen LogP contribution is 2.20. The number of nitrogens with zero attached hydrogens (tertiary/aromatic N) is 2. The van der Waals surface area contributed by atoms with Crippen molar-refractivity contribution in [3.8, 4) is 6.07 Å². The molecule has 2 aromatic rings. The summed E-state index contributed by atoms with van der Waals surface area (Å²) >= 11 is 0. The molecule has 0 spiro atoms. The third-order valence-electron chi connectivity index (χ3n) is 4.06. The van der Waals surface area contributed by atoms with Crippen LogP contribution in [-0.4, -0.2) is 29.5 Å². The van der Waals surface area contributed by atoms with Crippen LogP contribution < -0.4 is 0 Å². The van der Waals surface area contributed by atoms with E-state index < -0.39 is 0 Å². The van der Waals surface area contributed by atoms with Crippen molar-refractivity contribution < 1.29 is 0 Å². The predicted octanol–water partition coefficient (Wildman–Crippen LogP) is 2.95. The lowest BCUT2D eigenvalue weighted by Crippen LogP contribution is -2.36. The molecule has 3 rings (SSSR count). The van der Waals surface area contributed by atoms with Gasteiger partial charge in [0.05, 0.1) is 12.0 Å². The van der Waals surface area contributed by atoms with Crippen LogP contribution in [0.1, 0.15) is 18.4 Å². The summed E-state index contributed by atoms with van der Waals surface area (Å²) in [6.07, 6.45) is 5.41. The molecular weight excluding hydrogens is 234 g/mol. The Balaban J connectivity index is 1.64. The van der Waals surface area contributed by atoms with E-state index >= 15 is 0 Å². The van der Waals surface area contributed by atoms with Gasteiger partial charge in [-0.2, -0.15) is 5.26 Å². The molecule has 1 aliphatic heterocycles. The normalized spacial score (nSPS) is 20.5. The minimum Gasteiger partial charge on any atom is -0.361 e. The molecule has 1 fully saturated rings. The minimum absolute atomic E-state index is 0.233. The number of nitriles is 1. The van der Waals surface area contributed by atoms with Crippen molar-refractivity contribution in [2.24, 2.45) is 5.92 Å². The van der Waals surface area contributed by atoms with E-state index in [4.69, 9.17) is 5.26 Å². The number of para-hydroxylation sites is 1. The molecule has 0 aliphatic carbocycles. The standard InChI is InChI=1S/C16H19N3/c17-10-13-4-3-8-19(12-13)9-7-14-11-18-16-6-2-1-5-15(14)16/h1-2,5-6,11,13,18H,3-4,7-9,12H2. The molecule has 1 aromatic carbocycles. The number of aromatic nitrogens is 1. The summed E-state index contributed by atoms with van der Waals surface area (Å²) < 4.78 is 0. The Hall–Kier alpha value is -1.79. The first-order valence-corrected chi connectivity index (χ1v) is 7.04. The first kappa shape index (κ1) is 12.3. The monoisotopic (exact) mass is 253 g/mol. The number of piperidine rings is 1. The Morgan fingerprint density at radius 3 is 3.16 bits per heavy atom. The van der Waals surface area contributed by atoms with E-state index in [9.17, 15) is 0 Å². The molecule has 98 valence electrons. The number of nitrogens with one attached hydrogen (secondary N) is 1. The van der Waals surface area contributed by atoms with Crippen molar-refractivity contribution in [2.45, 2.75) is 19.3 Å². The number of likely N-dealkylation sites (tertiary alicyclic amines) is 1. The van der Waals surface area contributed by atoms with Crippen LogP contribution in [0.3, 0.4) is 0 Å². The summed E-state index contributed by atoms with van der Waals surface area (Å²) in [4.78, 5) is 5.75. The number of H-pyrrole nitrogens is 1. The maximum Gasteiger partial charge on any atom is 0.0669 e. The molecule has 0 amide bonds. The molecule has 0 saturated carbocycles. The molecule has 1 aliphatic rings. The van der Waals surface area contributed by atoms with E-state index in [1.54, 1.807) is 0 Å². The van der Waals surface area contributed by atoms with Crippen molar-refractivity contribution in [3.05, 3.63) is 36.0 Å². The highest BCUT2D eigenvalue weighted by Gasteiger charge is 2.19. The zero-order valence-corrected chi connectivity index (χ0v) is 11.1. The maximum atomic E-state index is 9.02. The summed E-state index contributed by atoms with van der Waals surface area (Å²) in [6, 6.07) is 10.9. The van der Waals surface area contributed by atoms with Crippen molar-refractivity contribution in [2.75, 3.05) is 19.6 Å². The second kappa shape index (κ2) is 5.46. The van der Waals surface area contributed by atoms with E-state index in [-0.39, 0.29) is 5.92 Å². The molecule has 1 atom stereocenters. The van der Waals surface area contributed by atoms with Crippen molar-refractivity contribution >= 4 is 10.9 Å². The van der Waals surface area contributed by atoms with E-state index in [1.165, 1.54) is 16.5 Å². The van der Waals surface area contributed by atoms with Gasteiger partial charge < -0.3 is 9.88 Å². The fraction of sp³-hybridized carbons (Fsp3) is 0.438. The fourth-order valence-corrected chi connectivity index (χ4v) is 2.98. The van der Waals surface area contributed by atoms with Crippen LogP contribution in [0.5, 0.6) is 0 Å². The Morgan fingerprint density at radius 2 is 2.26 bits per heavy atom. The fourth-order valence-electron chi connectivity index (χ4n) is 2.98. The molecule has 3 heteroatoms. The second-order valence-electron chi connectivity index (χ2n) is 5.38. The van der Waals surface area contributed by atoms with Gasteiger partial charge >= 0.3 is 0 Å². The number of aromatic amines is 1. The molecule has 1 N–H and O–H groups in total. The molecule has 19 heavy (non-hydrogen) atoms. The number of hydrogen-bond acceptors (Lipinski definition) is 2. The van der Waals surface area contributed by atoms with Gasteiger partial charge in [0.2, 0.25) is 0 Å². The van der Waals surface area contributed by atoms with E-state index in [2.05, 4.69) is 46.4 Å². The van der Waals surface area contributed by atoms with Crippen molar-refractivity contribution in [1.82, 2.24) is 9.88 Å². The molecule has 3 nitrogen and oxygen atoms in total. The van der Waals surface area contributed by atoms with Gasteiger partial charge in [-0.3, -0.25) is 0 Å². The van der Waals surface area contributed by atoms with Crippen LogP contribution in [0, 0.1) is 17.2 Å². The zero-order chi connectivity index (χ0) is 13.1. The zero-order valence-electron chi connectivity index (χ0n) is 11.1. The Bertz CT molecular complexity index is 593. The van der Waals surface area contributed by atoms with E-state index in [0.717, 1.165) is 38.9 Å². The molecular formula is C16H19N3. The quantitative estimate of drug-likeness (QED) is 0.914. The van der Waals surface area contributed by atoms with Crippen LogP contribution in [0.15, 0.2) is 30.5 Å². The molecule has 0 bridgehead atoms. The van der Waals surface area contributed by atoms with Crippen LogP contribution >= 0.6 is 0 Å². The lowest BCUT2D eigenvalue weighted by Gasteiger charge is -2.29. The summed E-state index contributed by atoms with van der Waals surface area (Å²) in [5.41, 5.74) is 2.60.